The molecule has 2 aromatic rings. The van der Waals surface area contributed by atoms with Crippen LogP contribution in [-0.2, 0) is 14.4 Å². The highest BCUT2D eigenvalue weighted by atomic mass is 32.1. The number of thiocarbonyl (C=S) groups is 1. The zero-order valence-corrected chi connectivity index (χ0v) is 17.2. The van der Waals surface area contributed by atoms with Crippen molar-refractivity contribution in [3.8, 4) is 11.5 Å². The standard InChI is InChI=1S/C21H20N4O4S/c1-21(2)19(28)23-20(30)24-17(26)12-16(25(21)24)18(27)22-13-8-10-15(11-9-13)29-14-6-4-3-5-7-14/h3-11,16H,12H2,1-2H3,(H,22,27)(H,23,28,30)/t16-/m0/s1. The van der Waals surface area contributed by atoms with Gasteiger partial charge in [-0.3, -0.25) is 19.7 Å². The number of carbonyl (C=O) groups is 3. The third-order valence-corrected chi connectivity index (χ3v) is 5.33. The topological polar surface area (TPSA) is 91.0 Å². The minimum absolute atomic E-state index is 0.0120. The molecular weight excluding hydrogens is 404 g/mol. The number of carbonyl (C=O) groups excluding carboxylic acids is 3. The molecule has 2 N–H and O–H groups in total. The van der Waals surface area contributed by atoms with E-state index < -0.39 is 17.5 Å². The summed E-state index contributed by atoms with van der Waals surface area (Å²) < 4.78 is 5.74. The lowest BCUT2D eigenvalue weighted by Gasteiger charge is -2.45. The van der Waals surface area contributed by atoms with E-state index in [2.05, 4.69) is 10.6 Å². The number of hydrazine groups is 1. The summed E-state index contributed by atoms with van der Waals surface area (Å²) in [5.41, 5.74) is -0.558. The number of benzene rings is 2. The summed E-state index contributed by atoms with van der Waals surface area (Å²) in [6.45, 7) is 3.29. The molecule has 30 heavy (non-hydrogen) atoms. The number of hydrogen-bond donors (Lipinski definition) is 2. The van der Waals surface area contributed by atoms with Crippen molar-refractivity contribution < 1.29 is 19.1 Å². The fourth-order valence-corrected chi connectivity index (χ4v) is 3.80. The van der Waals surface area contributed by atoms with E-state index in [-0.39, 0.29) is 23.3 Å². The van der Waals surface area contributed by atoms with Crippen LogP contribution in [0.3, 0.4) is 0 Å². The second kappa shape index (κ2) is 7.51. The van der Waals surface area contributed by atoms with E-state index in [4.69, 9.17) is 17.0 Å². The summed E-state index contributed by atoms with van der Waals surface area (Å²) in [7, 11) is 0. The SMILES string of the molecule is CC1(C)C(=O)NC(=S)N2C(=O)C[C@@H](C(=O)Nc3ccc(Oc4ccccc4)cc3)N21. The van der Waals surface area contributed by atoms with Crippen LogP contribution in [0.25, 0.3) is 0 Å². The van der Waals surface area contributed by atoms with Gasteiger partial charge in [-0.15, -0.1) is 0 Å². The first-order valence-corrected chi connectivity index (χ1v) is 9.79. The highest BCUT2D eigenvalue weighted by Gasteiger charge is 2.56. The van der Waals surface area contributed by atoms with Crippen molar-refractivity contribution in [2.75, 3.05) is 5.32 Å². The van der Waals surface area contributed by atoms with Crippen molar-refractivity contribution in [3.05, 3.63) is 54.6 Å². The molecule has 9 heteroatoms. The Morgan fingerprint density at radius 1 is 1.10 bits per heavy atom. The number of nitrogens with one attached hydrogen (secondary N) is 2. The molecule has 0 spiro atoms. The summed E-state index contributed by atoms with van der Waals surface area (Å²) in [4.78, 5) is 37.8. The van der Waals surface area contributed by atoms with Crippen LogP contribution in [0, 0.1) is 0 Å². The molecule has 1 atom stereocenters. The number of anilines is 1. The predicted molar refractivity (Wildman–Crippen MR) is 113 cm³/mol. The number of nitrogens with zero attached hydrogens (tertiary/aromatic N) is 2. The van der Waals surface area contributed by atoms with Gasteiger partial charge in [0.2, 0.25) is 17.7 Å². The second-order valence-corrected chi connectivity index (χ2v) is 7.90. The highest BCUT2D eigenvalue weighted by molar-refractivity contribution is 7.80. The molecule has 8 nitrogen and oxygen atoms in total. The predicted octanol–water partition coefficient (Wildman–Crippen LogP) is 2.43. The molecule has 0 radical (unpaired) electrons. The highest BCUT2D eigenvalue weighted by Crippen LogP contribution is 2.33. The molecule has 0 aromatic heterocycles. The maximum atomic E-state index is 13.0. The zero-order chi connectivity index (χ0) is 21.5. The Kier molecular flexibility index (Phi) is 5.00. The molecule has 0 saturated carbocycles. The number of rotatable bonds is 4. The van der Waals surface area contributed by atoms with Crippen LogP contribution in [0.2, 0.25) is 0 Å². The summed E-state index contributed by atoms with van der Waals surface area (Å²) in [5, 5.41) is 7.97. The lowest BCUT2D eigenvalue weighted by Crippen LogP contribution is -2.71. The second-order valence-electron chi connectivity index (χ2n) is 7.52. The fraction of sp³-hybridized carbons (Fsp3) is 0.238. The van der Waals surface area contributed by atoms with Crippen LogP contribution in [-0.4, -0.2) is 44.4 Å². The van der Waals surface area contributed by atoms with Crippen molar-refractivity contribution in [1.82, 2.24) is 15.3 Å². The van der Waals surface area contributed by atoms with Crippen molar-refractivity contribution in [3.63, 3.8) is 0 Å². The Balaban J connectivity index is 1.49. The Morgan fingerprint density at radius 2 is 1.73 bits per heavy atom. The third kappa shape index (κ3) is 3.53. The Labute approximate surface area is 178 Å². The average molecular weight is 424 g/mol. The van der Waals surface area contributed by atoms with Gasteiger partial charge in [0.05, 0.1) is 6.42 Å². The van der Waals surface area contributed by atoms with Gasteiger partial charge < -0.3 is 10.1 Å². The van der Waals surface area contributed by atoms with E-state index in [1.165, 1.54) is 10.0 Å². The minimum atomic E-state index is -1.11. The monoisotopic (exact) mass is 424 g/mol. The molecule has 4 rings (SSSR count). The molecule has 2 heterocycles. The van der Waals surface area contributed by atoms with Crippen LogP contribution in [0.4, 0.5) is 5.69 Å². The fourth-order valence-electron chi connectivity index (χ4n) is 3.52. The largest absolute Gasteiger partial charge is 0.457 e. The Morgan fingerprint density at radius 3 is 2.40 bits per heavy atom. The third-order valence-electron chi connectivity index (χ3n) is 5.06. The molecule has 3 amide bonds. The Bertz CT molecular complexity index is 1020. The minimum Gasteiger partial charge on any atom is -0.457 e. The first-order valence-electron chi connectivity index (χ1n) is 9.39. The maximum Gasteiger partial charge on any atom is 0.248 e. The van der Waals surface area contributed by atoms with Crippen LogP contribution in [0.15, 0.2) is 54.6 Å². The lowest BCUT2D eigenvalue weighted by molar-refractivity contribution is -0.154. The molecule has 2 aliphatic heterocycles. The van der Waals surface area contributed by atoms with E-state index in [0.29, 0.717) is 17.2 Å². The van der Waals surface area contributed by atoms with Gasteiger partial charge in [0.1, 0.15) is 23.1 Å². The molecule has 2 aromatic carbocycles. The van der Waals surface area contributed by atoms with E-state index in [9.17, 15) is 14.4 Å². The van der Waals surface area contributed by atoms with Crippen LogP contribution in [0.1, 0.15) is 20.3 Å². The number of para-hydroxylation sites is 1. The normalized spacial score (nSPS) is 20.5. The molecule has 2 fully saturated rings. The molecule has 154 valence electrons. The van der Waals surface area contributed by atoms with E-state index in [1.54, 1.807) is 38.1 Å². The van der Waals surface area contributed by atoms with Gasteiger partial charge in [-0.1, -0.05) is 18.2 Å². The first kappa shape index (κ1) is 20.0. The number of amides is 3. The van der Waals surface area contributed by atoms with Gasteiger partial charge in [-0.05, 0) is 62.5 Å². The van der Waals surface area contributed by atoms with Gasteiger partial charge in [0.15, 0.2) is 5.11 Å². The average Bonchev–Trinajstić information content (AvgIpc) is 3.08. The van der Waals surface area contributed by atoms with E-state index in [0.717, 1.165) is 0 Å². The lowest BCUT2D eigenvalue weighted by atomic mass is 10.00. The summed E-state index contributed by atoms with van der Waals surface area (Å²) in [5.74, 6) is 0.243. The number of fused-ring (bicyclic) bond motifs is 1. The van der Waals surface area contributed by atoms with Crippen molar-refractivity contribution >= 4 is 40.7 Å². The van der Waals surface area contributed by atoms with Crippen LogP contribution in [0.5, 0.6) is 11.5 Å². The first-order chi connectivity index (χ1) is 14.3. The number of ether oxygens (including phenoxy) is 1. The zero-order valence-electron chi connectivity index (χ0n) is 16.4. The summed E-state index contributed by atoms with van der Waals surface area (Å²) in [6, 6.07) is 15.4. The van der Waals surface area contributed by atoms with Crippen molar-refractivity contribution in [2.45, 2.75) is 31.8 Å². The van der Waals surface area contributed by atoms with Gasteiger partial charge in [-0.25, -0.2) is 5.01 Å². The Hall–Kier alpha value is -3.30. The quantitative estimate of drug-likeness (QED) is 0.733. The summed E-state index contributed by atoms with van der Waals surface area (Å²) >= 11 is 5.12. The van der Waals surface area contributed by atoms with Crippen molar-refractivity contribution in [2.24, 2.45) is 0 Å². The molecule has 0 aliphatic carbocycles. The smallest absolute Gasteiger partial charge is 0.248 e. The van der Waals surface area contributed by atoms with Gasteiger partial charge in [0, 0.05) is 5.69 Å². The molecular formula is C21H20N4O4S. The summed E-state index contributed by atoms with van der Waals surface area (Å²) in [6.07, 6.45) is -0.0699. The van der Waals surface area contributed by atoms with Crippen LogP contribution < -0.4 is 15.4 Å². The number of hydrogen-bond acceptors (Lipinski definition) is 6. The molecule has 2 saturated heterocycles. The van der Waals surface area contributed by atoms with Gasteiger partial charge in [-0.2, -0.15) is 5.01 Å². The van der Waals surface area contributed by atoms with E-state index >= 15 is 0 Å². The molecule has 0 bridgehead atoms. The van der Waals surface area contributed by atoms with E-state index in [1.807, 2.05) is 30.3 Å². The van der Waals surface area contributed by atoms with Gasteiger partial charge >= 0.3 is 0 Å². The van der Waals surface area contributed by atoms with Crippen LogP contribution >= 0.6 is 12.2 Å². The van der Waals surface area contributed by atoms with Gasteiger partial charge in [0.25, 0.3) is 0 Å². The molecule has 2 aliphatic rings. The maximum absolute atomic E-state index is 13.0. The van der Waals surface area contributed by atoms with Crippen molar-refractivity contribution in [1.29, 1.82) is 0 Å². The molecule has 0 unspecified atom stereocenters.